The molecular weight excluding hydrogens is 303 g/mol. The molecule has 1 rings (SSSR count). The Morgan fingerprint density at radius 3 is 2.83 bits per heavy atom. The van der Waals surface area contributed by atoms with E-state index < -0.39 is 17.5 Å². The molecule has 0 radical (unpaired) electrons. The maximum absolute atomic E-state index is 12.8. The Labute approximate surface area is 112 Å². The van der Waals surface area contributed by atoms with Gasteiger partial charge in [-0.15, -0.1) is 0 Å². The van der Waals surface area contributed by atoms with E-state index in [0.717, 1.165) is 0 Å². The number of ether oxygens (including phenoxy) is 1. The molecule has 0 amide bonds. The standard InChI is InChI=1S/C12H10BrFN2O2/c1-7(16)9(5-15)11(17)6-18-12-3-2-8(14)4-10(12)13/h2-4,9,16H,6H2,1H3. The van der Waals surface area contributed by atoms with Crippen LogP contribution in [-0.2, 0) is 4.79 Å². The van der Waals surface area contributed by atoms with Gasteiger partial charge in [0, 0.05) is 5.71 Å². The zero-order valence-electron chi connectivity index (χ0n) is 9.54. The minimum Gasteiger partial charge on any atom is -0.485 e. The van der Waals surface area contributed by atoms with Crippen LogP contribution in [0.5, 0.6) is 5.75 Å². The molecule has 1 unspecified atom stereocenters. The number of nitriles is 1. The van der Waals surface area contributed by atoms with Crippen LogP contribution in [-0.4, -0.2) is 18.1 Å². The van der Waals surface area contributed by atoms with Gasteiger partial charge in [0.25, 0.3) is 0 Å². The van der Waals surface area contributed by atoms with E-state index in [2.05, 4.69) is 15.9 Å². The number of halogens is 2. The van der Waals surface area contributed by atoms with Crippen molar-refractivity contribution in [1.82, 2.24) is 0 Å². The van der Waals surface area contributed by atoms with E-state index in [1.54, 1.807) is 6.07 Å². The average molecular weight is 313 g/mol. The highest BCUT2D eigenvalue weighted by molar-refractivity contribution is 9.10. The minimum atomic E-state index is -1.09. The molecule has 1 aromatic carbocycles. The number of Topliss-reactive ketones (excluding diaryl/α,β-unsaturated/α-hetero) is 1. The van der Waals surface area contributed by atoms with Gasteiger partial charge in [0.1, 0.15) is 24.1 Å². The van der Waals surface area contributed by atoms with Crippen molar-refractivity contribution in [3.05, 3.63) is 28.5 Å². The van der Waals surface area contributed by atoms with Crippen molar-refractivity contribution in [2.24, 2.45) is 5.92 Å². The summed E-state index contributed by atoms with van der Waals surface area (Å²) in [5, 5.41) is 16.0. The fourth-order valence-corrected chi connectivity index (χ4v) is 1.70. The van der Waals surface area contributed by atoms with E-state index in [0.29, 0.717) is 10.2 Å². The van der Waals surface area contributed by atoms with Crippen LogP contribution in [0.25, 0.3) is 0 Å². The summed E-state index contributed by atoms with van der Waals surface area (Å²) in [6.07, 6.45) is 0. The lowest BCUT2D eigenvalue weighted by atomic mass is 10.0. The van der Waals surface area contributed by atoms with E-state index in [1.807, 2.05) is 0 Å². The van der Waals surface area contributed by atoms with Gasteiger partial charge in [-0.25, -0.2) is 4.39 Å². The molecule has 0 aromatic heterocycles. The van der Waals surface area contributed by atoms with Gasteiger partial charge in [0.05, 0.1) is 10.5 Å². The van der Waals surface area contributed by atoms with Gasteiger partial charge < -0.3 is 10.1 Å². The number of hydrogen-bond donors (Lipinski definition) is 1. The Balaban J connectivity index is 2.68. The third kappa shape index (κ3) is 3.64. The number of ketones is 1. The third-order valence-corrected chi connectivity index (χ3v) is 2.77. The number of carbonyl (C=O) groups is 1. The molecule has 0 aliphatic heterocycles. The van der Waals surface area contributed by atoms with Gasteiger partial charge in [0.15, 0.2) is 5.78 Å². The SMILES string of the molecule is CC(=N)C(C#N)C(=O)COc1ccc(F)cc1Br. The first-order valence-corrected chi connectivity index (χ1v) is 5.80. The van der Waals surface area contributed by atoms with Gasteiger partial charge in [-0.3, -0.25) is 4.79 Å². The number of carbonyl (C=O) groups excluding carboxylic acids is 1. The zero-order chi connectivity index (χ0) is 13.7. The molecule has 4 nitrogen and oxygen atoms in total. The molecule has 1 N–H and O–H groups in total. The van der Waals surface area contributed by atoms with Crippen molar-refractivity contribution in [2.75, 3.05) is 6.61 Å². The summed E-state index contributed by atoms with van der Waals surface area (Å²) in [6, 6.07) is 5.53. The second-order valence-corrected chi connectivity index (χ2v) is 4.43. The molecule has 1 aromatic rings. The van der Waals surface area contributed by atoms with Crippen molar-refractivity contribution in [1.29, 1.82) is 10.7 Å². The summed E-state index contributed by atoms with van der Waals surface area (Å²) in [6.45, 7) is 1.05. The normalized spacial score (nSPS) is 11.4. The molecule has 18 heavy (non-hydrogen) atoms. The van der Waals surface area contributed by atoms with E-state index in [1.165, 1.54) is 25.1 Å². The van der Waals surface area contributed by atoms with E-state index in [9.17, 15) is 9.18 Å². The van der Waals surface area contributed by atoms with Crippen molar-refractivity contribution in [3.8, 4) is 11.8 Å². The van der Waals surface area contributed by atoms with Gasteiger partial charge >= 0.3 is 0 Å². The van der Waals surface area contributed by atoms with Crippen LogP contribution < -0.4 is 4.74 Å². The zero-order valence-corrected chi connectivity index (χ0v) is 11.1. The van der Waals surface area contributed by atoms with Crippen LogP contribution in [0.2, 0.25) is 0 Å². The first kappa shape index (κ1) is 14.3. The van der Waals surface area contributed by atoms with Gasteiger partial charge in [-0.1, -0.05) is 0 Å². The molecular formula is C12H10BrFN2O2. The number of hydrogen-bond acceptors (Lipinski definition) is 4. The fourth-order valence-electron chi connectivity index (χ4n) is 1.23. The highest BCUT2D eigenvalue weighted by Crippen LogP contribution is 2.25. The van der Waals surface area contributed by atoms with Crippen molar-refractivity contribution in [2.45, 2.75) is 6.92 Å². The quantitative estimate of drug-likeness (QED) is 0.849. The van der Waals surface area contributed by atoms with Crippen molar-refractivity contribution >= 4 is 27.4 Å². The molecule has 0 spiro atoms. The summed E-state index contributed by atoms with van der Waals surface area (Å²) in [4.78, 5) is 11.6. The third-order valence-electron chi connectivity index (χ3n) is 2.15. The first-order valence-electron chi connectivity index (χ1n) is 5.01. The summed E-state index contributed by atoms with van der Waals surface area (Å²) < 4.78 is 18.4. The van der Waals surface area contributed by atoms with Crippen molar-refractivity contribution in [3.63, 3.8) is 0 Å². The fraction of sp³-hybridized carbons (Fsp3) is 0.250. The molecule has 1 atom stereocenters. The lowest BCUT2D eigenvalue weighted by Gasteiger charge is -2.09. The van der Waals surface area contributed by atoms with Crippen LogP contribution in [0.15, 0.2) is 22.7 Å². The second kappa shape index (κ2) is 6.26. The van der Waals surface area contributed by atoms with E-state index >= 15 is 0 Å². The molecule has 94 valence electrons. The van der Waals surface area contributed by atoms with Crippen molar-refractivity contribution < 1.29 is 13.9 Å². The molecule has 6 heteroatoms. The van der Waals surface area contributed by atoms with Crippen LogP contribution in [0.3, 0.4) is 0 Å². The Morgan fingerprint density at radius 1 is 1.67 bits per heavy atom. The molecule has 0 bridgehead atoms. The predicted molar refractivity (Wildman–Crippen MR) is 67.1 cm³/mol. The number of rotatable bonds is 5. The molecule has 0 saturated heterocycles. The Bertz CT molecular complexity index is 525. The summed E-state index contributed by atoms with van der Waals surface area (Å²) >= 11 is 3.10. The predicted octanol–water partition coefficient (Wildman–Crippen LogP) is 2.72. The highest BCUT2D eigenvalue weighted by Gasteiger charge is 2.20. The number of nitrogens with one attached hydrogen (secondary N) is 1. The van der Waals surface area contributed by atoms with Crippen LogP contribution in [0.1, 0.15) is 6.92 Å². The smallest absolute Gasteiger partial charge is 0.192 e. The second-order valence-electron chi connectivity index (χ2n) is 3.57. The minimum absolute atomic E-state index is 0.0238. The monoisotopic (exact) mass is 312 g/mol. The van der Waals surface area contributed by atoms with E-state index in [4.69, 9.17) is 15.4 Å². The maximum Gasteiger partial charge on any atom is 0.192 e. The Hall–Kier alpha value is -1.74. The lowest BCUT2D eigenvalue weighted by molar-refractivity contribution is -0.121. The number of nitrogens with zero attached hydrogens (tertiary/aromatic N) is 1. The average Bonchev–Trinajstić information content (AvgIpc) is 2.28. The molecule has 0 fully saturated rings. The molecule has 0 aliphatic rings. The van der Waals surface area contributed by atoms with Gasteiger partial charge in [0.2, 0.25) is 0 Å². The van der Waals surface area contributed by atoms with Gasteiger partial charge in [-0.2, -0.15) is 5.26 Å². The van der Waals surface area contributed by atoms with Crippen LogP contribution in [0, 0.1) is 28.5 Å². The number of benzene rings is 1. The summed E-state index contributed by atoms with van der Waals surface area (Å²) in [5.41, 5.74) is -0.0238. The Kier molecular flexibility index (Phi) is 4.98. The molecule has 0 aliphatic carbocycles. The molecule has 0 heterocycles. The van der Waals surface area contributed by atoms with E-state index in [-0.39, 0.29) is 12.3 Å². The van der Waals surface area contributed by atoms with Gasteiger partial charge in [-0.05, 0) is 41.1 Å². The highest BCUT2D eigenvalue weighted by atomic mass is 79.9. The van der Waals surface area contributed by atoms with Crippen LogP contribution in [0.4, 0.5) is 4.39 Å². The van der Waals surface area contributed by atoms with Crippen LogP contribution >= 0.6 is 15.9 Å². The largest absolute Gasteiger partial charge is 0.485 e. The summed E-state index contributed by atoms with van der Waals surface area (Å²) in [5.74, 6) is -1.71. The first-order chi connectivity index (χ1) is 8.45. The maximum atomic E-state index is 12.8. The Morgan fingerprint density at radius 2 is 2.33 bits per heavy atom. The summed E-state index contributed by atoms with van der Waals surface area (Å²) in [7, 11) is 0. The lowest BCUT2D eigenvalue weighted by Crippen LogP contribution is -2.25. The topological polar surface area (TPSA) is 73.9 Å². The molecule has 0 saturated carbocycles.